The zero-order valence-corrected chi connectivity index (χ0v) is 14.2. The zero-order valence-electron chi connectivity index (χ0n) is 14.2. The Kier molecular flexibility index (Phi) is 4.60. The van der Waals surface area contributed by atoms with Crippen LogP contribution in [-0.4, -0.2) is 47.0 Å². The molecule has 0 spiro atoms. The number of hydrogen-bond acceptors (Lipinski definition) is 7. The van der Waals surface area contributed by atoms with Crippen molar-refractivity contribution in [2.75, 3.05) is 21.3 Å². The SMILES string of the molecule is COc1cc([C@@H]2CC(=O)C=C(O)[C@H]2n2cncn2)cc(OC)c1OC. The molecule has 2 aromatic rings. The summed E-state index contributed by atoms with van der Waals surface area (Å²) < 4.78 is 17.6. The fourth-order valence-electron chi connectivity index (χ4n) is 3.14. The summed E-state index contributed by atoms with van der Waals surface area (Å²) in [5.74, 6) is 0.861. The van der Waals surface area contributed by atoms with Gasteiger partial charge >= 0.3 is 0 Å². The first-order valence-corrected chi connectivity index (χ1v) is 7.66. The van der Waals surface area contributed by atoms with E-state index in [1.807, 2.05) is 0 Å². The standard InChI is InChI=1S/C17H19N3O5/c1-23-14-4-10(5-15(24-2)17(14)25-3)12-6-11(21)7-13(22)16(12)20-9-18-8-19-20/h4-5,7-9,12,16,22H,6H2,1-3H3/t12-,16-/m0/s1. The van der Waals surface area contributed by atoms with E-state index in [1.54, 1.807) is 12.1 Å². The van der Waals surface area contributed by atoms with Crippen LogP contribution in [0.25, 0.3) is 0 Å². The number of rotatable bonds is 5. The number of benzene rings is 1. The van der Waals surface area contributed by atoms with Gasteiger partial charge in [-0.1, -0.05) is 0 Å². The van der Waals surface area contributed by atoms with Crippen LogP contribution in [0.2, 0.25) is 0 Å². The van der Waals surface area contributed by atoms with E-state index in [-0.39, 0.29) is 23.9 Å². The molecule has 3 rings (SSSR count). The minimum Gasteiger partial charge on any atom is -0.510 e. The van der Waals surface area contributed by atoms with Gasteiger partial charge in [-0.15, -0.1) is 0 Å². The molecule has 2 atom stereocenters. The molecule has 1 aromatic heterocycles. The third-order valence-corrected chi connectivity index (χ3v) is 4.25. The monoisotopic (exact) mass is 345 g/mol. The number of aliphatic hydroxyl groups is 1. The molecule has 1 heterocycles. The van der Waals surface area contributed by atoms with E-state index in [2.05, 4.69) is 10.1 Å². The summed E-state index contributed by atoms with van der Waals surface area (Å²) in [4.78, 5) is 16.0. The number of aromatic nitrogens is 3. The van der Waals surface area contributed by atoms with Crippen LogP contribution in [0.5, 0.6) is 17.2 Å². The van der Waals surface area contributed by atoms with Crippen LogP contribution < -0.4 is 14.2 Å². The van der Waals surface area contributed by atoms with Crippen molar-refractivity contribution in [1.82, 2.24) is 14.8 Å². The van der Waals surface area contributed by atoms with Crippen molar-refractivity contribution in [2.24, 2.45) is 0 Å². The molecule has 0 fully saturated rings. The number of carbonyl (C=O) groups excluding carboxylic acids is 1. The van der Waals surface area contributed by atoms with Gasteiger partial charge in [-0.2, -0.15) is 5.10 Å². The van der Waals surface area contributed by atoms with Gasteiger partial charge in [-0.25, -0.2) is 9.67 Å². The molecule has 132 valence electrons. The lowest BCUT2D eigenvalue weighted by Crippen LogP contribution is -2.27. The Morgan fingerprint density at radius 2 is 1.84 bits per heavy atom. The highest BCUT2D eigenvalue weighted by Gasteiger charge is 2.35. The van der Waals surface area contributed by atoms with Crippen molar-refractivity contribution >= 4 is 5.78 Å². The second kappa shape index (κ2) is 6.84. The third kappa shape index (κ3) is 3.02. The Morgan fingerprint density at radius 1 is 1.16 bits per heavy atom. The number of hydrogen-bond donors (Lipinski definition) is 1. The normalized spacial score (nSPS) is 20.1. The van der Waals surface area contributed by atoms with Crippen molar-refractivity contribution in [2.45, 2.75) is 18.4 Å². The molecule has 0 bridgehead atoms. The first kappa shape index (κ1) is 16.8. The van der Waals surface area contributed by atoms with E-state index < -0.39 is 6.04 Å². The van der Waals surface area contributed by atoms with Crippen LogP contribution in [0.1, 0.15) is 23.9 Å². The maximum Gasteiger partial charge on any atom is 0.203 e. The van der Waals surface area contributed by atoms with Crippen LogP contribution >= 0.6 is 0 Å². The molecule has 0 amide bonds. The molecule has 0 radical (unpaired) electrons. The Labute approximate surface area is 144 Å². The molecular weight excluding hydrogens is 326 g/mol. The number of ketones is 1. The van der Waals surface area contributed by atoms with Gasteiger partial charge in [0.15, 0.2) is 17.3 Å². The maximum atomic E-state index is 12.0. The van der Waals surface area contributed by atoms with Crippen LogP contribution in [0.15, 0.2) is 36.6 Å². The molecule has 8 nitrogen and oxygen atoms in total. The van der Waals surface area contributed by atoms with Gasteiger partial charge in [-0.05, 0) is 17.7 Å². The fourth-order valence-corrected chi connectivity index (χ4v) is 3.14. The van der Waals surface area contributed by atoms with Crippen LogP contribution in [-0.2, 0) is 4.79 Å². The van der Waals surface area contributed by atoms with E-state index in [4.69, 9.17) is 14.2 Å². The van der Waals surface area contributed by atoms with E-state index in [9.17, 15) is 9.90 Å². The van der Waals surface area contributed by atoms with Gasteiger partial charge < -0.3 is 19.3 Å². The first-order chi connectivity index (χ1) is 12.1. The quantitative estimate of drug-likeness (QED) is 0.886. The average molecular weight is 345 g/mol. The lowest BCUT2D eigenvalue weighted by atomic mass is 9.82. The maximum absolute atomic E-state index is 12.0. The molecule has 8 heteroatoms. The second-order valence-electron chi connectivity index (χ2n) is 5.63. The van der Waals surface area contributed by atoms with Crippen LogP contribution in [0, 0.1) is 0 Å². The van der Waals surface area contributed by atoms with E-state index >= 15 is 0 Å². The lowest BCUT2D eigenvalue weighted by Gasteiger charge is -2.30. The zero-order chi connectivity index (χ0) is 18.0. The summed E-state index contributed by atoms with van der Waals surface area (Å²) in [6.45, 7) is 0. The molecule has 0 saturated heterocycles. The Balaban J connectivity index is 2.12. The molecule has 25 heavy (non-hydrogen) atoms. The molecule has 0 aliphatic heterocycles. The van der Waals surface area contributed by atoms with Crippen molar-refractivity contribution in [1.29, 1.82) is 0 Å². The smallest absolute Gasteiger partial charge is 0.203 e. The number of aliphatic hydroxyl groups excluding tert-OH is 1. The van der Waals surface area contributed by atoms with Crippen molar-refractivity contribution in [3.05, 3.63) is 42.2 Å². The molecule has 1 aliphatic rings. The summed E-state index contributed by atoms with van der Waals surface area (Å²) in [5.41, 5.74) is 0.767. The van der Waals surface area contributed by atoms with E-state index in [1.165, 1.54) is 44.7 Å². The molecule has 0 saturated carbocycles. The highest BCUT2D eigenvalue weighted by Crippen LogP contribution is 2.45. The Bertz CT molecular complexity index is 776. The van der Waals surface area contributed by atoms with Gasteiger partial charge in [0.25, 0.3) is 0 Å². The first-order valence-electron chi connectivity index (χ1n) is 7.66. The summed E-state index contributed by atoms with van der Waals surface area (Å²) in [7, 11) is 4.58. The molecule has 0 unspecified atom stereocenters. The molecule has 1 aromatic carbocycles. The van der Waals surface area contributed by atoms with Crippen molar-refractivity contribution in [3.63, 3.8) is 0 Å². The summed E-state index contributed by atoms with van der Waals surface area (Å²) in [6, 6.07) is 3.02. The fraction of sp³-hybridized carbons (Fsp3) is 0.353. The third-order valence-electron chi connectivity index (χ3n) is 4.25. The van der Waals surface area contributed by atoms with E-state index in [0.29, 0.717) is 17.2 Å². The number of ether oxygens (including phenoxy) is 3. The largest absolute Gasteiger partial charge is 0.510 e. The van der Waals surface area contributed by atoms with Gasteiger partial charge in [0.2, 0.25) is 5.75 Å². The molecule has 1 N–H and O–H groups in total. The van der Waals surface area contributed by atoms with Gasteiger partial charge in [0.05, 0.1) is 21.3 Å². The number of allylic oxidation sites excluding steroid dienone is 2. The van der Waals surface area contributed by atoms with E-state index in [0.717, 1.165) is 5.56 Å². The minimum absolute atomic E-state index is 0.0551. The highest BCUT2D eigenvalue weighted by atomic mass is 16.5. The molecule has 1 aliphatic carbocycles. The predicted octanol–water partition coefficient (Wildman–Crippen LogP) is 2.04. The van der Waals surface area contributed by atoms with Crippen LogP contribution in [0.4, 0.5) is 0 Å². The Morgan fingerprint density at radius 3 is 2.36 bits per heavy atom. The predicted molar refractivity (Wildman–Crippen MR) is 88.2 cm³/mol. The summed E-state index contributed by atoms with van der Waals surface area (Å²) in [5, 5.41) is 14.5. The lowest BCUT2D eigenvalue weighted by molar-refractivity contribution is -0.116. The van der Waals surface area contributed by atoms with Gasteiger partial charge in [0, 0.05) is 18.4 Å². The van der Waals surface area contributed by atoms with Gasteiger partial charge in [-0.3, -0.25) is 4.79 Å². The van der Waals surface area contributed by atoms with Crippen LogP contribution in [0.3, 0.4) is 0 Å². The number of methoxy groups -OCH3 is 3. The summed E-state index contributed by atoms with van der Waals surface area (Å²) in [6.07, 6.45) is 4.35. The summed E-state index contributed by atoms with van der Waals surface area (Å²) >= 11 is 0. The number of carbonyl (C=O) groups is 1. The van der Waals surface area contributed by atoms with Crippen molar-refractivity contribution in [3.8, 4) is 17.2 Å². The second-order valence-corrected chi connectivity index (χ2v) is 5.63. The van der Waals surface area contributed by atoms with Crippen molar-refractivity contribution < 1.29 is 24.1 Å². The average Bonchev–Trinajstić information content (AvgIpc) is 3.13. The minimum atomic E-state index is -0.539. The molecular formula is C17H19N3O5. The topological polar surface area (TPSA) is 95.7 Å². The highest BCUT2D eigenvalue weighted by molar-refractivity contribution is 5.92. The van der Waals surface area contributed by atoms with Gasteiger partial charge in [0.1, 0.15) is 24.5 Å². The number of nitrogens with zero attached hydrogens (tertiary/aromatic N) is 3. The Hall–Kier alpha value is -3.03.